The van der Waals surface area contributed by atoms with Crippen LogP contribution >= 0.6 is 34.7 Å². The summed E-state index contributed by atoms with van der Waals surface area (Å²) in [4.78, 5) is 3.52. The van der Waals surface area contributed by atoms with E-state index in [-0.39, 0.29) is 6.04 Å². The molecule has 0 aliphatic rings. The third kappa shape index (κ3) is 3.50. The second-order valence-electron chi connectivity index (χ2n) is 4.59. The Bertz CT molecular complexity index is 708. The highest BCUT2D eigenvalue weighted by molar-refractivity contribution is 7.99. The normalized spacial score (nSPS) is 12.3. The lowest BCUT2D eigenvalue weighted by Gasteiger charge is -2.15. The zero-order chi connectivity index (χ0) is 14.7. The van der Waals surface area contributed by atoms with Gasteiger partial charge in [0, 0.05) is 19.7 Å². The van der Waals surface area contributed by atoms with Gasteiger partial charge in [-0.3, -0.25) is 0 Å². The third-order valence-electron chi connectivity index (χ3n) is 3.15. The van der Waals surface area contributed by atoms with Gasteiger partial charge in [-0.05, 0) is 47.3 Å². The summed E-state index contributed by atoms with van der Waals surface area (Å²) in [6, 6.07) is 20.2. The molecule has 3 aromatic rings. The molecule has 1 heterocycles. The maximum atomic E-state index is 6.42. The van der Waals surface area contributed by atoms with Crippen LogP contribution in [0.5, 0.6) is 0 Å². The molecule has 0 spiro atoms. The van der Waals surface area contributed by atoms with E-state index in [0.29, 0.717) is 0 Å². The minimum absolute atomic E-state index is 0.0824. The van der Waals surface area contributed by atoms with E-state index in [0.717, 1.165) is 15.5 Å². The van der Waals surface area contributed by atoms with E-state index in [4.69, 9.17) is 17.3 Å². The van der Waals surface area contributed by atoms with Crippen LogP contribution in [-0.4, -0.2) is 0 Å². The predicted octanol–water partition coefficient (Wildman–Crippen LogP) is 5.60. The van der Waals surface area contributed by atoms with E-state index in [2.05, 4.69) is 23.6 Å². The number of halogens is 1. The lowest BCUT2D eigenvalue weighted by Crippen LogP contribution is -2.11. The van der Waals surface area contributed by atoms with Crippen LogP contribution in [0.4, 0.5) is 0 Å². The highest BCUT2D eigenvalue weighted by Gasteiger charge is 2.14. The molecule has 0 fully saturated rings. The van der Waals surface area contributed by atoms with Gasteiger partial charge in [0.25, 0.3) is 0 Å². The molecule has 1 aromatic heterocycles. The van der Waals surface area contributed by atoms with Gasteiger partial charge in [0.05, 0.1) is 6.04 Å². The molecule has 3 rings (SSSR count). The number of rotatable bonds is 4. The minimum atomic E-state index is -0.0824. The Balaban J connectivity index is 1.91. The molecule has 1 atom stereocenters. The van der Waals surface area contributed by atoms with Crippen LogP contribution in [0.2, 0.25) is 5.02 Å². The molecule has 0 aliphatic heterocycles. The van der Waals surface area contributed by atoms with Gasteiger partial charge < -0.3 is 5.73 Å². The topological polar surface area (TPSA) is 26.0 Å². The van der Waals surface area contributed by atoms with Gasteiger partial charge in [0.2, 0.25) is 0 Å². The number of nitrogens with two attached hydrogens (primary N) is 1. The molecule has 2 N–H and O–H groups in total. The van der Waals surface area contributed by atoms with Crippen LogP contribution in [0.15, 0.2) is 75.8 Å². The fraction of sp³-hybridized carbons (Fsp3) is 0.0588. The summed E-state index contributed by atoms with van der Waals surface area (Å²) in [5.41, 5.74) is 7.57. The van der Waals surface area contributed by atoms with Gasteiger partial charge in [-0.25, -0.2) is 0 Å². The summed E-state index contributed by atoms with van der Waals surface area (Å²) in [6.07, 6.45) is 0. The van der Waals surface area contributed by atoms with Crippen LogP contribution < -0.4 is 5.73 Å². The van der Waals surface area contributed by atoms with Gasteiger partial charge in [0.1, 0.15) is 0 Å². The maximum Gasteiger partial charge on any atom is 0.0657 e. The molecule has 2 aromatic carbocycles. The van der Waals surface area contributed by atoms with E-state index in [1.807, 2.05) is 42.5 Å². The van der Waals surface area contributed by atoms with E-state index in [1.165, 1.54) is 9.77 Å². The van der Waals surface area contributed by atoms with Crippen molar-refractivity contribution in [3.63, 3.8) is 0 Å². The molecule has 21 heavy (non-hydrogen) atoms. The number of benzene rings is 2. The first-order valence-electron chi connectivity index (χ1n) is 6.55. The van der Waals surface area contributed by atoms with Crippen LogP contribution in [-0.2, 0) is 0 Å². The summed E-state index contributed by atoms with van der Waals surface area (Å²) >= 11 is 9.34. The Morgan fingerprint density at radius 2 is 1.71 bits per heavy atom. The number of hydrogen-bond acceptors (Lipinski definition) is 3. The molecule has 0 amide bonds. The average molecular weight is 332 g/mol. The van der Waals surface area contributed by atoms with Gasteiger partial charge in [-0.2, -0.15) is 0 Å². The standard InChI is InChI=1S/C17H14ClNS2/c18-12-7-9-13(10-8-12)21-15-5-2-1-4-14(15)17(19)16-6-3-11-20-16/h1-11,17H,19H2/t17-/m1/s1. The largest absolute Gasteiger partial charge is 0.320 e. The second kappa shape index (κ2) is 6.67. The van der Waals surface area contributed by atoms with E-state index in [9.17, 15) is 0 Å². The molecule has 0 bridgehead atoms. The highest BCUT2D eigenvalue weighted by Crippen LogP contribution is 2.35. The average Bonchev–Trinajstić information content (AvgIpc) is 3.04. The van der Waals surface area contributed by atoms with Gasteiger partial charge >= 0.3 is 0 Å². The van der Waals surface area contributed by atoms with Crippen molar-refractivity contribution in [3.8, 4) is 0 Å². The lowest BCUT2D eigenvalue weighted by atomic mass is 10.1. The fourth-order valence-corrected chi connectivity index (χ4v) is 3.94. The van der Waals surface area contributed by atoms with Crippen molar-refractivity contribution in [2.75, 3.05) is 0 Å². The monoisotopic (exact) mass is 331 g/mol. The summed E-state index contributed by atoms with van der Waals surface area (Å²) in [5, 5.41) is 2.81. The molecular formula is C17H14ClNS2. The molecule has 106 valence electrons. The van der Waals surface area contributed by atoms with Crippen LogP contribution in [0.25, 0.3) is 0 Å². The Hall–Kier alpha value is -1.26. The molecular weight excluding hydrogens is 318 g/mol. The second-order valence-corrected chi connectivity index (χ2v) is 7.12. The SMILES string of the molecule is N[C@@H](c1cccs1)c1ccccc1Sc1ccc(Cl)cc1. The van der Waals surface area contributed by atoms with Crippen molar-refractivity contribution in [1.29, 1.82) is 0 Å². The van der Waals surface area contributed by atoms with Crippen molar-refractivity contribution >= 4 is 34.7 Å². The van der Waals surface area contributed by atoms with Crippen LogP contribution in [0.1, 0.15) is 16.5 Å². The molecule has 1 nitrogen and oxygen atoms in total. The first-order valence-corrected chi connectivity index (χ1v) is 8.63. The Morgan fingerprint density at radius 3 is 2.43 bits per heavy atom. The number of hydrogen-bond donors (Lipinski definition) is 1. The van der Waals surface area contributed by atoms with Crippen molar-refractivity contribution in [3.05, 3.63) is 81.5 Å². The minimum Gasteiger partial charge on any atom is -0.320 e. The smallest absolute Gasteiger partial charge is 0.0657 e. The van der Waals surface area contributed by atoms with Gasteiger partial charge in [-0.15, -0.1) is 11.3 Å². The van der Waals surface area contributed by atoms with E-state index >= 15 is 0 Å². The van der Waals surface area contributed by atoms with Crippen LogP contribution in [0.3, 0.4) is 0 Å². The molecule has 0 saturated heterocycles. The lowest BCUT2D eigenvalue weighted by molar-refractivity contribution is 0.867. The van der Waals surface area contributed by atoms with Crippen molar-refractivity contribution in [2.45, 2.75) is 15.8 Å². The first kappa shape index (κ1) is 14.7. The van der Waals surface area contributed by atoms with Crippen molar-refractivity contribution < 1.29 is 0 Å². The molecule has 0 saturated carbocycles. The Labute approximate surface area is 137 Å². The van der Waals surface area contributed by atoms with Crippen LogP contribution in [0, 0.1) is 0 Å². The maximum absolute atomic E-state index is 6.42. The quantitative estimate of drug-likeness (QED) is 0.673. The van der Waals surface area contributed by atoms with Crippen molar-refractivity contribution in [2.24, 2.45) is 5.73 Å². The van der Waals surface area contributed by atoms with E-state index in [1.54, 1.807) is 23.1 Å². The van der Waals surface area contributed by atoms with Crippen molar-refractivity contribution in [1.82, 2.24) is 0 Å². The highest BCUT2D eigenvalue weighted by atomic mass is 35.5. The number of thiophene rings is 1. The van der Waals surface area contributed by atoms with Gasteiger partial charge in [0.15, 0.2) is 0 Å². The third-order valence-corrected chi connectivity index (χ3v) is 5.45. The van der Waals surface area contributed by atoms with Gasteiger partial charge in [-0.1, -0.05) is 47.6 Å². The molecule has 4 heteroatoms. The molecule has 0 aliphatic carbocycles. The molecule has 0 radical (unpaired) electrons. The predicted molar refractivity (Wildman–Crippen MR) is 92.4 cm³/mol. The zero-order valence-electron chi connectivity index (χ0n) is 11.2. The zero-order valence-corrected chi connectivity index (χ0v) is 13.6. The first-order chi connectivity index (χ1) is 10.2. The van der Waals surface area contributed by atoms with E-state index < -0.39 is 0 Å². The molecule has 0 unspecified atom stereocenters. The summed E-state index contributed by atoms with van der Waals surface area (Å²) in [5.74, 6) is 0. The Morgan fingerprint density at radius 1 is 0.952 bits per heavy atom. The fourth-order valence-electron chi connectivity index (χ4n) is 2.08. The Kier molecular flexibility index (Phi) is 4.66. The summed E-state index contributed by atoms with van der Waals surface area (Å²) < 4.78 is 0. The summed E-state index contributed by atoms with van der Waals surface area (Å²) in [6.45, 7) is 0. The summed E-state index contributed by atoms with van der Waals surface area (Å²) in [7, 11) is 0.